The molecule has 0 aromatic heterocycles. The Labute approximate surface area is 95.2 Å². The SMILES string of the molecule is OC(c1cccc(C2CC2)c1)C(F)(F)Br. The first-order chi connectivity index (χ1) is 6.98. The highest BCUT2D eigenvalue weighted by Gasteiger charge is 2.36. The van der Waals surface area contributed by atoms with Gasteiger partial charge in [-0.05, 0) is 45.8 Å². The van der Waals surface area contributed by atoms with Gasteiger partial charge in [-0.15, -0.1) is 0 Å². The summed E-state index contributed by atoms with van der Waals surface area (Å²) in [5, 5.41) is 9.39. The molecule has 0 amide bonds. The topological polar surface area (TPSA) is 20.2 Å². The van der Waals surface area contributed by atoms with Crippen LogP contribution in [0.2, 0.25) is 0 Å². The Morgan fingerprint density at radius 1 is 1.40 bits per heavy atom. The molecular formula is C11H11BrF2O. The summed E-state index contributed by atoms with van der Waals surface area (Å²) in [7, 11) is 0. The highest BCUT2D eigenvalue weighted by molar-refractivity contribution is 9.10. The number of benzene rings is 1. The van der Waals surface area contributed by atoms with Gasteiger partial charge in [-0.1, -0.05) is 24.3 Å². The molecule has 1 saturated carbocycles. The van der Waals surface area contributed by atoms with E-state index in [4.69, 9.17) is 0 Å². The van der Waals surface area contributed by atoms with Crippen molar-refractivity contribution in [3.05, 3.63) is 35.4 Å². The number of hydrogen-bond acceptors (Lipinski definition) is 1. The zero-order valence-corrected chi connectivity index (χ0v) is 9.55. The van der Waals surface area contributed by atoms with Crippen LogP contribution in [0.3, 0.4) is 0 Å². The lowest BCUT2D eigenvalue weighted by Crippen LogP contribution is -2.18. The second-order valence-corrected chi connectivity index (χ2v) is 4.95. The summed E-state index contributed by atoms with van der Waals surface area (Å²) in [6.07, 6.45) is 0.449. The molecule has 0 spiro atoms. The molecular weight excluding hydrogens is 266 g/mol. The van der Waals surface area contributed by atoms with Crippen molar-refractivity contribution in [3.8, 4) is 0 Å². The van der Waals surface area contributed by atoms with Crippen LogP contribution >= 0.6 is 15.9 Å². The van der Waals surface area contributed by atoms with Gasteiger partial charge in [0, 0.05) is 0 Å². The maximum Gasteiger partial charge on any atom is 0.330 e. The summed E-state index contributed by atoms with van der Waals surface area (Å²) < 4.78 is 25.6. The molecule has 0 radical (unpaired) electrons. The summed E-state index contributed by atoms with van der Waals surface area (Å²) in [5.74, 6) is 0.501. The largest absolute Gasteiger partial charge is 0.381 e. The fourth-order valence-corrected chi connectivity index (χ4v) is 1.85. The molecule has 0 saturated heterocycles. The zero-order chi connectivity index (χ0) is 11.1. The molecule has 1 unspecified atom stereocenters. The lowest BCUT2D eigenvalue weighted by molar-refractivity contribution is -0.0294. The predicted octanol–water partition coefficient (Wildman–Crippen LogP) is 3.59. The van der Waals surface area contributed by atoms with Crippen LogP contribution in [0, 0.1) is 0 Å². The fourth-order valence-electron chi connectivity index (χ4n) is 1.59. The van der Waals surface area contributed by atoms with E-state index in [-0.39, 0.29) is 5.56 Å². The first-order valence-electron chi connectivity index (χ1n) is 4.83. The molecule has 15 heavy (non-hydrogen) atoms. The van der Waals surface area contributed by atoms with Crippen molar-refractivity contribution in [1.29, 1.82) is 0 Å². The van der Waals surface area contributed by atoms with Crippen molar-refractivity contribution in [3.63, 3.8) is 0 Å². The van der Waals surface area contributed by atoms with Gasteiger partial charge in [0.15, 0.2) is 6.10 Å². The van der Waals surface area contributed by atoms with Gasteiger partial charge < -0.3 is 5.11 Å². The van der Waals surface area contributed by atoms with Crippen LogP contribution in [0.15, 0.2) is 24.3 Å². The molecule has 1 nitrogen and oxygen atoms in total. The molecule has 1 fully saturated rings. The van der Waals surface area contributed by atoms with Crippen molar-refractivity contribution in [2.24, 2.45) is 0 Å². The standard InChI is InChI=1S/C11H11BrF2O/c12-11(13,14)10(15)9-3-1-2-8(6-9)7-4-5-7/h1-3,6-7,10,15H,4-5H2. The third-order valence-electron chi connectivity index (χ3n) is 2.59. The van der Waals surface area contributed by atoms with Crippen LogP contribution in [0.1, 0.15) is 36.0 Å². The highest BCUT2D eigenvalue weighted by Crippen LogP contribution is 2.42. The summed E-state index contributed by atoms with van der Waals surface area (Å²) in [4.78, 5) is -3.27. The minimum atomic E-state index is -3.27. The fraction of sp³-hybridized carbons (Fsp3) is 0.455. The zero-order valence-electron chi connectivity index (χ0n) is 7.96. The Bertz CT molecular complexity index is 358. The van der Waals surface area contributed by atoms with Crippen LogP contribution in [0.5, 0.6) is 0 Å². The van der Waals surface area contributed by atoms with Gasteiger partial charge in [-0.3, -0.25) is 0 Å². The Morgan fingerprint density at radius 2 is 2.07 bits per heavy atom. The lowest BCUT2D eigenvalue weighted by atomic mass is 10.0. The Balaban J connectivity index is 2.24. The van der Waals surface area contributed by atoms with Crippen molar-refractivity contribution in [1.82, 2.24) is 0 Å². The number of halogens is 3. The van der Waals surface area contributed by atoms with Gasteiger partial charge in [0.05, 0.1) is 0 Å². The highest BCUT2D eigenvalue weighted by atomic mass is 79.9. The maximum atomic E-state index is 12.8. The van der Waals surface area contributed by atoms with Gasteiger partial charge in [-0.2, -0.15) is 8.78 Å². The monoisotopic (exact) mass is 276 g/mol. The quantitative estimate of drug-likeness (QED) is 0.837. The van der Waals surface area contributed by atoms with Crippen LogP contribution < -0.4 is 0 Å². The third kappa shape index (κ3) is 2.55. The number of aliphatic hydroxyl groups excluding tert-OH is 1. The van der Waals surface area contributed by atoms with Crippen LogP contribution in [-0.2, 0) is 0 Å². The van der Waals surface area contributed by atoms with E-state index in [1.54, 1.807) is 12.1 Å². The normalized spacial score (nSPS) is 18.9. The lowest BCUT2D eigenvalue weighted by Gasteiger charge is -2.17. The van der Waals surface area contributed by atoms with E-state index in [1.807, 2.05) is 6.07 Å². The average molecular weight is 277 g/mol. The number of alkyl halides is 3. The van der Waals surface area contributed by atoms with Gasteiger partial charge in [0.2, 0.25) is 0 Å². The van der Waals surface area contributed by atoms with Crippen molar-refractivity contribution in [2.45, 2.75) is 29.7 Å². The molecule has 1 aromatic rings. The smallest absolute Gasteiger partial charge is 0.330 e. The van der Waals surface area contributed by atoms with Crippen molar-refractivity contribution >= 4 is 15.9 Å². The molecule has 1 atom stereocenters. The molecule has 2 rings (SSSR count). The number of aliphatic hydroxyl groups is 1. The Kier molecular flexibility index (Phi) is 2.81. The molecule has 4 heteroatoms. The van der Waals surface area contributed by atoms with E-state index in [0.29, 0.717) is 5.92 Å². The van der Waals surface area contributed by atoms with E-state index in [0.717, 1.165) is 18.4 Å². The summed E-state index contributed by atoms with van der Waals surface area (Å²) in [5.41, 5.74) is 1.31. The summed E-state index contributed by atoms with van der Waals surface area (Å²) in [6.45, 7) is 0. The predicted molar refractivity (Wildman–Crippen MR) is 57.3 cm³/mol. The van der Waals surface area contributed by atoms with E-state index < -0.39 is 10.9 Å². The van der Waals surface area contributed by atoms with Gasteiger partial charge in [0.1, 0.15) is 0 Å². The van der Waals surface area contributed by atoms with Crippen molar-refractivity contribution < 1.29 is 13.9 Å². The van der Waals surface area contributed by atoms with Gasteiger partial charge in [-0.25, -0.2) is 0 Å². The first kappa shape index (κ1) is 11.0. The molecule has 1 N–H and O–H groups in total. The average Bonchev–Trinajstić information content (AvgIpc) is 2.98. The third-order valence-corrected chi connectivity index (χ3v) is 3.02. The molecule has 0 bridgehead atoms. The first-order valence-corrected chi connectivity index (χ1v) is 5.62. The Hall–Kier alpha value is -0.480. The molecule has 1 aliphatic rings. The van der Waals surface area contributed by atoms with Crippen LogP contribution in [0.4, 0.5) is 8.78 Å². The maximum absolute atomic E-state index is 12.8. The van der Waals surface area contributed by atoms with Gasteiger partial charge >= 0.3 is 4.83 Å². The second-order valence-electron chi connectivity index (χ2n) is 3.89. The molecule has 1 aliphatic carbocycles. The summed E-state index contributed by atoms with van der Waals surface area (Å²) >= 11 is 2.17. The number of hydrogen-bond donors (Lipinski definition) is 1. The summed E-state index contributed by atoms with van der Waals surface area (Å²) in [6, 6.07) is 6.81. The van der Waals surface area contributed by atoms with Crippen molar-refractivity contribution in [2.75, 3.05) is 0 Å². The van der Waals surface area contributed by atoms with E-state index in [9.17, 15) is 13.9 Å². The molecule has 82 valence electrons. The molecule has 1 aromatic carbocycles. The van der Waals surface area contributed by atoms with Gasteiger partial charge in [0.25, 0.3) is 0 Å². The van der Waals surface area contributed by atoms with E-state index in [1.165, 1.54) is 6.07 Å². The minimum absolute atomic E-state index is 0.265. The van der Waals surface area contributed by atoms with Crippen LogP contribution in [0.25, 0.3) is 0 Å². The molecule has 0 aliphatic heterocycles. The van der Waals surface area contributed by atoms with E-state index >= 15 is 0 Å². The van der Waals surface area contributed by atoms with Crippen LogP contribution in [-0.4, -0.2) is 9.94 Å². The Morgan fingerprint density at radius 3 is 2.60 bits per heavy atom. The minimum Gasteiger partial charge on any atom is -0.381 e. The van der Waals surface area contributed by atoms with E-state index in [2.05, 4.69) is 15.9 Å². The number of rotatable bonds is 3. The second kappa shape index (κ2) is 3.83. The molecule has 0 heterocycles.